The van der Waals surface area contributed by atoms with Crippen molar-refractivity contribution in [1.29, 1.82) is 0 Å². The summed E-state index contributed by atoms with van der Waals surface area (Å²) in [7, 11) is 0. The van der Waals surface area contributed by atoms with Crippen LogP contribution in [0.1, 0.15) is 21.6 Å². The van der Waals surface area contributed by atoms with Crippen molar-refractivity contribution in [1.82, 2.24) is 9.97 Å². The summed E-state index contributed by atoms with van der Waals surface area (Å²) in [4.78, 5) is 20.9. The number of anilines is 1. The highest BCUT2D eigenvalue weighted by Gasteiger charge is 2.13. The van der Waals surface area contributed by atoms with Crippen molar-refractivity contribution >= 4 is 22.6 Å². The first kappa shape index (κ1) is 14.1. The summed E-state index contributed by atoms with van der Waals surface area (Å²) in [5.74, 6) is -0.285. The normalized spacial score (nSPS) is 10.7. The number of hydrogen-bond donors (Lipinski definition) is 1. The van der Waals surface area contributed by atoms with Gasteiger partial charge in [0, 0.05) is 17.3 Å². The van der Waals surface area contributed by atoms with Gasteiger partial charge in [0.15, 0.2) is 0 Å². The molecule has 0 atom stereocenters. The predicted molar refractivity (Wildman–Crippen MR) is 83.4 cm³/mol. The average molecular weight is 295 g/mol. The number of rotatable bonds is 2. The minimum Gasteiger partial charge on any atom is -0.307 e. The molecular weight excluding hydrogens is 281 g/mol. The van der Waals surface area contributed by atoms with Gasteiger partial charge in [-0.2, -0.15) is 0 Å². The molecule has 0 unspecified atom stereocenters. The molecule has 0 bridgehead atoms. The third-order valence-electron chi connectivity index (χ3n) is 3.30. The zero-order chi connectivity index (χ0) is 15.7. The summed E-state index contributed by atoms with van der Waals surface area (Å²) in [5, 5.41) is 3.21. The van der Waals surface area contributed by atoms with Crippen molar-refractivity contribution in [2.75, 3.05) is 5.32 Å². The number of nitrogens with one attached hydrogen (secondary N) is 1. The fourth-order valence-electron chi connectivity index (χ4n) is 2.24. The fourth-order valence-corrected chi connectivity index (χ4v) is 2.24. The van der Waals surface area contributed by atoms with Crippen LogP contribution in [0.5, 0.6) is 0 Å². The number of benzene rings is 1. The van der Waals surface area contributed by atoms with Gasteiger partial charge in [0.1, 0.15) is 11.6 Å². The van der Waals surface area contributed by atoms with Gasteiger partial charge in [0.2, 0.25) is 0 Å². The van der Waals surface area contributed by atoms with E-state index in [4.69, 9.17) is 0 Å². The van der Waals surface area contributed by atoms with E-state index >= 15 is 0 Å². The molecule has 0 aliphatic carbocycles. The van der Waals surface area contributed by atoms with Crippen LogP contribution in [0.25, 0.3) is 10.9 Å². The van der Waals surface area contributed by atoms with Gasteiger partial charge in [-0.1, -0.05) is 6.07 Å². The van der Waals surface area contributed by atoms with Crippen molar-refractivity contribution < 1.29 is 9.18 Å². The summed E-state index contributed by atoms with van der Waals surface area (Å²) in [6.07, 6.45) is 1.67. The van der Waals surface area contributed by atoms with E-state index < -0.39 is 5.82 Å². The van der Waals surface area contributed by atoms with E-state index in [9.17, 15) is 9.18 Å². The number of hydrogen-bond acceptors (Lipinski definition) is 3. The summed E-state index contributed by atoms with van der Waals surface area (Å²) >= 11 is 0. The summed E-state index contributed by atoms with van der Waals surface area (Å²) in [6.45, 7) is 3.71. The molecule has 0 radical (unpaired) electrons. The molecule has 0 spiro atoms. The predicted octanol–water partition coefficient (Wildman–Crippen LogP) is 3.64. The first-order chi connectivity index (χ1) is 10.5. The lowest BCUT2D eigenvalue weighted by Gasteiger charge is -2.09. The lowest BCUT2D eigenvalue weighted by Crippen LogP contribution is -2.14. The Labute approximate surface area is 127 Å². The van der Waals surface area contributed by atoms with E-state index in [1.807, 2.05) is 13.0 Å². The summed E-state index contributed by atoms with van der Waals surface area (Å²) in [6, 6.07) is 9.45. The Morgan fingerprint density at radius 2 is 1.95 bits per heavy atom. The Hall–Kier alpha value is -2.82. The Balaban J connectivity index is 2.03. The maximum absolute atomic E-state index is 13.5. The zero-order valence-corrected chi connectivity index (χ0v) is 12.2. The Morgan fingerprint density at radius 1 is 1.14 bits per heavy atom. The van der Waals surface area contributed by atoms with Gasteiger partial charge in [-0.05, 0) is 49.7 Å². The third kappa shape index (κ3) is 2.79. The minimum atomic E-state index is -0.402. The van der Waals surface area contributed by atoms with Gasteiger partial charge in [-0.15, -0.1) is 0 Å². The first-order valence-corrected chi connectivity index (χ1v) is 6.84. The van der Waals surface area contributed by atoms with E-state index in [2.05, 4.69) is 15.3 Å². The molecule has 3 rings (SSSR count). The Morgan fingerprint density at radius 3 is 2.68 bits per heavy atom. The maximum Gasteiger partial charge on any atom is 0.257 e. The molecule has 2 aromatic heterocycles. The second kappa shape index (κ2) is 5.52. The molecule has 1 amide bonds. The monoisotopic (exact) mass is 295 g/mol. The SMILES string of the molecule is Cc1ccc(NC(=O)c2cc(C)nc3ccc(F)cc23)nc1. The topological polar surface area (TPSA) is 54.9 Å². The van der Waals surface area contributed by atoms with Gasteiger partial charge in [-0.25, -0.2) is 9.37 Å². The van der Waals surface area contributed by atoms with Gasteiger partial charge in [-0.3, -0.25) is 9.78 Å². The van der Waals surface area contributed by atoms with Gasteiger partial charge in [0.05, 0.1) is 11.1 Å². The number of carbonyl (C=O) groups is 1. The molecular formula is C17H14FN3O. The highest BCUT2D eigenvalue weighted by atomic mass is 19.1. The number of nitrogens with zero attached hydrogens (tertiary/aromatic N) is 2. The highest BCUT2D eigenvalue weighted by molar-refractivity contribution is 6.12. The minimum absolute atomic E-state index is 0.336. The molecule has 0 aliphatic rings. The van der Waals surface area contributed by atoms with Gasteiger partial charge < -0.3 is 5.32 Å². The van der Waals surface area contributed by atoms with E-state index in [1.165, 1.54) is 12.1 Å². The molecule has 3 aromatic rings. The van der Waals surface area contributed by atoms with Crippen LogP contribution in [0.3, 0.4) is 0 Å². The van der Waals surface area contributed by atoms with Crippen molar-refractivity contribution in [3.63, 3.8) is 0 Å². The van der Waals surface area contributed by atoms with Crippen molar-refractivity contribution in [2.24, 2.45) is 0 Å². The smallest absolute Gasteiger partial charge is 0.257 e. The molecule has 1 aromatic carbocycles. The van der Waals surface area contributed by atoms with Crippen molar-refractivity contribution in [3.8, 4) is 0 Å². The van der Waals surface area contributed by atoms with Crippen LogP contribution in [0, 0.1) is 19.7 Å². The van der Waals surface area contributed by atoms with E-state index in [0.29, 0.717) is 28.0 Å². The molecule has 0 fully saturated rings. The lowest BCUT2D eigenvalue weighted by molar-refractivity contribution is 0.102. The zero-order valence-electron chi connectivity index (χ0n) is 12.2. The number of halogens is 1. The molecule has 0 aliphatic heterocycles. The summed E-state index contributed by atoms with van der Waals surface area (Å²) in [5.41, 5.74) is 2.67. The van der Waals surface area contributed by atoms with Gasteiger partial charge in [0.25, 0.3) is 5.91 Å². The maximum atomic E-state index is 13.5. The van der Waals surface area contributed by atoms with E-state index in [-0.39, 0.29) is 5.91 Å². The Bertz CT molecular complexity index is 860. The molecule has 5 heteroatoms. The average Bonchev–Trinajstić information content (AvgIpc) is 2.49. The fraction of sp³-hybridized carbons (Fsp3) is 0.118. The Kier molecular flexibility index (Phi) is 3.55. The molecule has 0 saturated heterocycles. The third-order valence-corrected chi connectivity index (χ3v) is 3.30. The second-order valence-corrected chi connectivity index (χ2v) is 5.15. The molecule has 2 heterocycles. The van der Waals surface area contributed by atoms with Crippen LogP contribution in [-0.4, -0.2) is 15.9 Å². The van der Waals surface area contributed by atoms with E-state index in [0.717, 1.165) is 5.56 Å². The van der Waals surface area contributed by atoms with Crippen LogP contribution in [0.4, 0.5) is 10.2 Å². The quantitative estimate of drug-likeness (QED) is 0.785. The number of aryl methyl sites for hydroxylation is 2. The number of fused-ring (bicyclic) bond motifs is 1. The molecule has 22 heavy (non-hydrogen) atoms. The van der Waals surface area contributed by atoms with Crippen LogP contribution in [0.15, 0.2) is 42.6 Å². The first-order valence-electron chi connectivity index (χ1n) is 6.84. The molecule has 4 nitrogen and oxygen atoms in total. The number of amides is 1. The lowest BCUT2D eigenvalue weighted by atomic mass is 10.1. The van der Waals surface area contributed by atoms with Crippen LogP contribution in [0.2, 0.25) is 0 Å². The van der Waals surface area contributed by atoms with Gasteiger partial charge >= 0.3 is 0 Å². The standard InChI is InChI=1S/C17H14FN3O/c1-10-3-6-16(19-9-10)21-17(22)14-7-11(2)20-15-5-4-12(18)8-13(14)15/h3-9H,1-2H3,(H,19,21,22). The van der Waals surface area contributed by atoms with Crippen molar-refractivity contribution in [3.05, 3.63) is 65.2 Å². The number of aromatic nitrogens is 2. The van der Waals surface area contributed by atoms with Crippen molar-refractivity contribution in [2.45, 2.75) is 13.8 Å². The van der Waals surface area contributed by atoms with Crippen LogP contribution in [-0.2, 0) is 0 Å². The van der Waals surface area contributed by atoms with Crippen LogP contribution < -0.4 is 5.32 Å². The molecule has 0 saturated carbocycles. The summed E-state index contributed by atoms with van der Waals surface area (Å²) < 4.78 is 13.5. The molecule has 110 valence electrons. The van der Waals surface area contributed by atoms with Crippen LogP contribution >= 0.6 is 0 Å². The number of carbonyl (C=O) groups excluding carboxylic acids is 1. The molecule has 1 N–H and O–H groups in total. The number of pyridine rings is 2. The second-order valence-electron chi connectivity index (χ2n) is 5.15. The largest absolute Gasteiger partial charge is 0.307 e. The highest BCUT2D eigenvalue weighted by Crippen LogP contribution is 2.20. The van der Waals surface area contributed by atoms with E-state index in [1.54, 1.807) is 31.3 Å².